The number of rotatable bonds is 5. The summed E-state index contributed by atoms with van der Waals surface area (Å²) < 4.78 is 0. The van der Waals surface area contributed by atoms with E-state index in [1.54, 1.807) is 12.3 Å². The molecule has 2 aromatic heterocycles. The van der Waals surface area contributed by atoms with Crippen molar-refractivity contribution >= 4 is 35.0 Å². The fourth-order valence-corrected chi connectivity index (χ4v) is 1.71. The zero-order valence-electron chi connectivity index (χ0n) is 11.4. The Morgan fingerprint density at radius 3 is 2.86 bits per heavy atom. The SMILES string of the molecule is Cc1ccc(NC(=O)CCNc2ncnc(N)c2Cl)nc1. The predicted octanol–water partition coefficient (Wildman–Crippen LogP) is 1.86. The first kappa shape index (κ1) is 15.0. The Labute approximate surface area is 127 Å². The summed E-state index contributed by atoms with van der Waals surface area (Å²) in [5.74, 6) is 0.972. The molecule has 0 atom stereocenters. The molecular weight excluding hydrogens is 292 g/mol. The molecule has 2 aromatic rings. The normalized spacial score (nSPS) is 10.2. The third kappa shape index (κ3) is 4.28. The van der Waals surface area contributed by atoms with E-state index in [4.69, 9.17) is 17.3 Å². The van der Waals surface area contributed by atoms with E-state index in [0.717, 1.165) is 5.56 Å². The number of pyridine rings is 1. The molecule has 0 spiro atoms. The summed E-state index contributed by atoms with van der Waals surface area (Å²) in [5.41, 5.74) is 6.59. The molecule has 0 fully saturated rings. The number of anilines is 3. The summed E-state index contributed by atoms with van der Waals surface area (Å²) >= 11 is 5.93. The van der Waals surface area contributed by atoms with Gasteiger partial charge in [-0.15, -0.1) is 0 Å². The fourth-order valence-electron chi connectivity index (χ4n) is 1.55. The van der Waals surface area contributed by atoms with E-state index in [9.17, 15) is 4.79 Å². The smallest absolute Gasteiger partial charge is 0.227 e. The molecule has 4 N–H and O–H groups in total. The number of aromatic nitrogens is 3. The molecule has 0 aliphatic carbocycles. The number of nitrogens with one attached hydrogen (secondary N) is 2. The second kappa shape index (κ2) is 6.85. The van der Waals surface area contributed by atoms with Gasteiger partial charge in [0.25, 0.3) is 0 Å². The first-order valence-electron chi connectivity index (χ1n) is 6.28. The maximum Gasteiger partial charge on any atom is 0.227 e. The summed E-state index contributed by atoms with van der Waals surface area (Å²) in [6, 6.07) is 3.63. The van der Waals surface area contributed by atoms with Crippen LogP contribution in [0.5, 0.6) is 0 Å². The van der Waals surface area contributed by atoms with Crippen molar-refractivity contribution in [1.82, 2.24) is 15.0 Å². The maximum absolute atomic E-state index is 11.8. The topological polar surface area (TPSA) is 106 Å². The molecule has 7 nitrogen and oxygen atoms in total. The fraction of sp³-hybridized carbons (Fsp3) is 0.231. The van der Waals surface area contributed by atoms with Gasteiger partial charge >= 0.3 is 0 Å². The number of carbonyl (C=O) groups is 1. The van der Waals surface area contributed by atoms with Crippen LogP contribution < -0.4 is 16.4 Å². The van der Waals surface area contributed by atoms with Crippen LogP contribution in [-0.2, 0) is 4.79 Å². The van der Waals surface area contributed by atoms with Crippen molar-refractivity contribution in [3.05, 3.63) is 35.2 Å². The minimum absolute atomic E-state index is 0.156. The number of nitrogens with zero attached hydrogens (tertiary/aromatic N) is 3. The molecule has 0 aliphatic rings. The van der Waals surface area contributed by atoms with Crippen LogP contribution in [0.2, 0.25) is 5.02 Å². The molecule has 0 bridgehead atoms. The van der Waals surface area contributed by atoms with E-state index in [1.165, 1.54) is 6.33 Å². The Hall–Kier alpha value is -2.41. The van der Waals surface area contributed by atoms with E-state index in [0.29, 0.717) is 18.2 Å². The Morgan fingerprint density at radius 2 is 2.14 bits per heavy atom. The highest BCUT2D eigenvalue weighted by Gasteiger charge is 2.07. The van der Waals surface area contributed by atoms with Crippen molar-refractivity contribution < 1.29 is 4.79 Å². The Morgan fingerprint density at radius 1 is 1.33 bits per heavy atom. The number of halogens is 1. The van der Waals surface area contributed by atoms with Gasteiger partial charge < -0.3 is 16.4 Å². The van der Waals surface area contributed by atoms with Gasteiger partial charge in [0.2, 0.25) is 5.91 Å². The lowest BCUT2D eigenvalue weighted by Crippen LogP contribution is -2.17. The molecule has 110 valence electrons. The van der Waals surface area contributed by atoms with E-state index in [-0.39, 0.29) is 23.2 Å². The number of hydrogen-bond donors (Lipinski definition) is 3. The predicted molar refractivity (Wildman–Crippen MR) is 82.2 cm³/mol. The molecule has 2 rings (SSSR count). The highest BCUT2D eigenvalue weighted by molar-refractivity contribution is 6.35. The van der Waals surface area contributed by atoms with Crippen LogP contribution in [0.3, 0.4) is 0 Å². The third-order valence-electron chi connectivity index (χ3n) is 2.64. The van der Waals surface area contributed by atoms with Gasteiger partial charge in [0, 0.05) is 19.2 Å². The van der Waals surface area contributed by atoms with E-state index in [2.05, 4.69) is 25.6 Å². The molecule has 0 aliphatic heterocycles. The number of nitrogen functional groups attached to an aromatic ring is 1. The number of carbonyl (C=O) groups excluding carboxylic acids is 1. The molecule has 0 radical (unpaired) electrons. The quantitative estimate of drug-likeness (QED) is 0.778. The average molecular weight is 307 g/mol. The van der Waals surface area contributed by atoms with Crippen LogP contribution in [0, 0.1) is 6.92 Å². The van der Waals surface area contributed by atoms with Crippen molar-refractivity contribution in [2.24, 2.45) is 0 Å². The number of nitrogens with two attached hydrogens (primary N) is 1. The zero-order chi connectivity index (χ0) is 15.2. The molecule has 0 saturated carbocycles. The van der Waals surface area contributed by atoms with Crippen LogP contribution in [0.4, 0.5) is 17.5 Å². The summed E-state index contributed by atoms with van der Waals surface area (Å²) in [6.07, 6.45) is 3.24. The van der Waals surface area contributed by atoms with E-state index in [1.807, 2.05) is 13.0 Å². The first-order valence-corrected chi connectivity index (χ1v) is 6.66. The van der Waals surface area contributed by atoms with Gasteiger partial charge in [0.1, 0.15) is 28.8 Å². The van der Waals surface area contributed by atoms with Crippen LogP contribution in [-0.4, -0.2) is 27.4 Å². The van der Waals surface area contributed by atoms with E-state index < -0.39 is 0 Å². The Balaban J connectivity index is 1.81. The van der Waals surface area contributed by atoms with Crippen LogP contribution in [0.15, 0.2) is 24.7 Å². The van der Waals surface area contributed by atoms with E-state index >= 15 is 0 Å². The Bertz CT molecular complexity index is 631. The second-order valence-corrected chi connectivity index (χ2v) is 4.75. The zero-order valence-corrected chi connectivity index (χ0v) is 12.2. The standard InChI is InChI=1S/C13H15ClN6O/c1-8-2-3-9(17-6-8)20-10(21)4-5-16-13-11(14)12(15)18-7-19-13/h2-3,6-7H,4-5H2,1H3,(H,17,20,21)(H3,15,16,18,19). The van der Waals surface area contributed by atoms with Gasteiger partial charge in [0.05, 0.1) is 0 Å². The number of hydrogen-bond acceptors (Lipinski definition) is 6. The van der Waals surface area contributed by atoms with Crippen LogP contribution in [0.25, 0.3) is 0 Å². The molecular formula is C13H15ClN6O. The largest absolute Gasteiger partial charge is 0.382 e. The van der Waals surface area contributed by atoms with Crippen molar-refractivity contribution in [2.75, 3.05) is 22.9 Å². The summed E-state index contributed by atoms with van der Waals surface area (Å²) in [6.45, 7) is 2.30. The summed E-state index contributed by atoms with van der Waals surface area (Å²) in [7, 11) is 0. The van der Waals surface area contributed by atoms with Gasteiger partial charge in [-0.1, -0.05) is 17.7 Å². The number of amides is 1. The molecule has 0 unspecified atom stereocenters. The average Bonchev–Trinajstić information content (AvgIpc) is 2.46. The molecule has 0 saturated heterocycles. The lowest BCUT2D eigenvalue weighted by molar-refractivity contribution is -0.116. The van der Waals surface area contributed by atoms with Gasteiger partial charge in [0.15, 0.2) is 0 Å². The molecule has 2 heterocycles. The lowest BCUT2D eigenvalue weighted by atomic mass is 10.3. The Kier molecular flexibility index (Phi) is 4.89. The minimum atomic E-state index is -0.156. The van der Waals surface area contributed by atoms with Crippen molar-refractivity contribution in [3.8, 4) is 0 Å². The minimum Gasteiger partial charge on any atom is -0.382 e. The monoisotopic (exact) mass is 306 g/mol. The summed E-state index contributed by atoms with van der Waals surface area (Å²) in [5, 5.41) is 5.88. The highest BCUT2D eigenvalue weighted by Crippen LogP contribution is 2.22. The molecule has 8 heteroatoms. The van der Waals surface area contributed by atoms with Gasteiger partial charge in [-0.05, 0) is 18.6 Å². The van der Waals surface area contributed by atoms with Gasteiger partial charge in [-0.3, -0.25) is 4.79 Å². The lowest BCUT2D eigenvalue weighted by Gasteiger charge is -2.08. The highest BCUT2D eigenvalue weighted by atomic mass is 35.5. The summed E-state index contributed by atoms with van der Waals surface area (Å²) in [4.78, 5) is 23.6. The van der Waals surface area contributed by atoms with Crippen molar-refractivity contribution in [2.45, 2.75) is 13.3 Å². The second-order valence-electron chi connectivity index (χ2n) is 4.37. The number of aryl methyl sites for hydroxylation is 1. The van der Waals surface area contributed by atoms with Gasteiger partial charge in [-0.2, -0.15) is 0 Å². The third-order valence-corrected chi connectivity index (χ3v) is 3.01. The molecule has 0 aromatic carbocycles. The van der Waals surface area contributed by atoms with Crippen LogP contribution >= 0.6 is 11.6 Å². The van der Waals surface area contributed by atoms with Crippen molar-refractivity contribution in [1.29, 1.82) is 0 Å². The van der Waals surface area contributed by atoms with Gasteiger partial charge in [-0.25, -0.2) is 15.0 Å². The first-order chi connectivity index (χ1) is 10.1. The molecule has 21 heavy (non-hydrogen) atoms. The maximum atomic E-state index is 11.8. The van der Waals surface area contributed by atoms with Crippen molar-refractivity contribution in [3.63, 3.8) is 0 Å². The molecule has 1 amide bonds. The van der Waals surface area contributed by atoms with Crippen LogP contribution in [0.1, 0.15) is 12.0 Å².